The van der Waals surface area contributed by atoms with Crippen molar-refractivity contribution in [1.82, 2.24) is 4.90 Å². The van der Waals surface area contributed by atoms with Crippen molar-refractivity contribution in [1.29, 1.82) is 0 Å². The van der Waals surface area contributed by atoms with Crippen molar-refractivity contribution in [3.63, 3.8) is 0 Å². The van der Waals surface area contributed by atoms with Gasteiger partial charge < -0.3 is 15.2 Å². The van der Waals surface area contributed by atoms with Gasteiger partial charge in [-0.2, -0.15) is 0 Å². The molecule has 3 unspecified atom stereocenters. The second-order valence-electron chi connectivity index (χ2n) is 5.09. The van der Waals surface area contributed by atoms with Crippen LogP contribution in [0.2, 0.25) is 0 Å². The van der Waals surface area contributed by atoms with Crippen molar-refractivity contribution < 1.29 is 9.47 Å². The molecule has 2 heterocycles. The minimum Gasteiger partial charge on any atom is -0.348 e. The number of rotatable bonds is 3. The molecule has 0 amide bonds. The molecule has 4 heteroatoms. The van der Waals surface area contributed by atoms with Crippen molar-refractivity contribution in [2.75, 3.05) is 19.7 Å². The van der Waals surface area contributed by atoms with Gasteiger partial charge in [-0.15, -0.1) is 0 Å². The van der Waals surface area contributed by atoms with E-state index in [1.54, 1.807) is 0 Å². The lowest BCUT2D eigenvalue weighted by atomic mass is 10.00. The van der Waals surface area contributed by atoms with Crippen LogP contribution in [0.25, 0.3) is 0 Å². The summed E-state index contributed by atoms with van der Waals surface area (Å²) < 4.78 is 11.6. The number of hydrogen-bond donors (Lipinski definition) is 1. The minimum absolute atomic E-state index is 0.0590. The largest absolute Gasteiger partial charge is 0.348 e. The summed E-state index contributed by atoms with van der Waals surface area (Å²) in [5, 5.41) is 0. The molecule has 2 saturated heterocycles. The van der Waals surface area contributed by atoms with Crippen molar-refractivity contribution >= 4 is 0 Å². The number of piperidine rings is 1. The number of likely N-dealkylation sites (tertiary alicyclic amines) is 1. The van der Waals surface area contributed by atoms with Crippen molar-refractivity contribution in [3.8, 4) is 0 Å². The van der Waals surface area contributed by atoms with Crippen LogP contribution in [0, 0.1) is 0 Å². The number of nitrogens with two attached hydrogens (primary N) is 1. The molecule has 3 atom stereocenters. The highest BCUT2D eigenvalue weighted by molar-refractivity contribution is 4.84. The lowest BCUT2D eigenvalue weighted by Crippen LogP contribution is -2.50. The van der Waals surface area contributed by atoms with E-state index in [1.165, 1.54) is 25.8 Å². The Balaban J connectivity index is 1.95. The van der Waals surface area contributed by atoms with Crippen molar-refractivity contribution in [2.24, 2.45) is 5.73 Å². The molecule has 2 fully saturated rings. The van der Waals surface area contributed by atoms with Crippen LogP contribution in [0.15, 0.2) is 0 Å². The standard InChI is InChI=1S/C12H24N2O2/c1-9(2)14-6-4-3-5-11(14)12-15-8-10(7-13)16-12/h9-12H,3-8,13H2,1-2H3. The van der Waals surface area contributed by atoms with E-state index in [-0.39, 0.29) is 12.4 Å². The highest BCUT2D eigenvalue weighted by atomic mass is 16.7. The fourth-order valence-electron chi connectivity index (χ4n) is 2.71. The number of ether oxygens (including phenoxy) is 2. The molecule has 0 aliphatic carbocycles. The van der Waals surface area contributed by atoms with Gasteiger partial charge in [0.1, 0.15) is 0 Å². The molecule has 0 saturated carbocycles. The van der Waals surface area contributed by atoms with Crippen molar-refractivity contribution in [3.05, 3.63) is 0 Å². The zero-order valence-corrected chi connectivity index (χ0v) is 10.4. The van der Waals surface area contributed by atoms with Gasteiger partial charge in [0.05, 0.1) is 18.8 Å². The van der Waals surface area contributed by atoms with Crippen LogP contribution in [-0.2, 0) is 9.47 Å². The first kappa shape index (κ1) is 12.3. The third-order valence-corrected chi connectivity index (χ3v) is 3.61. The minimum atomic E-state index is -0.0590. The highest BCUT2D eigenvalue weighted by Crippen LogP contribution is 2.27. The summed E-state index contributed by atoms with van der Waals surface area (Å²) in [6.45, 7) is 6.87. The summed E-state index contributed by atoms with van der Waals surface area (Å²) in [6, 6.07) is 0.986. The molecule has 0 bridgehead atoms. The van der Waals surface area contributed by atoms with Gasteiger partial charge >= 0.3 is 0 Å². The van der Waals surface area contributed by atoms with E-state index in [1.807, 2.05) is 0 Å². The average Bonchev–Trinajstić information content (AvgIpc) is 2.77. The molecule has 2 rings (SSSR count). The molecule has 2 aliphatic heterocycles. The Morgan fingerprint density at radius 2 is 2.19 bits per heavy atom. The van der Waals surface area contributed by atoms with Crippen LogP contribution in [0.5, 0.6) is 0 Å². The van der Waals surface area contributed by atoms with E-state index < -0.39 is 0 Å². The molecular weight excluding hydrogens is 204 g/mol. The summed E-state index contributed by atoms with van der Waals surface area (Å²) in [5.41, 5.74) is 5.60. The lowest BCUT2D eigenvalue weighted by molar-refractivity contribution is -0.124. The van der Waals surface area contributed by atoms with E-state index in [0.717, 1.165) is 0 Å². The fourth-order valence-corrected chi connectivity index (χ4v) is 2.71. The molecule has 2 aliphatic rings. The van der Waals surface area contributed by atoms with E-state index in [2.05, 4.69) is 18.7 Å². The smallest absolute Gasteiger partial charge is 0.173 e. The Morgan fingerprint density at radius 1 is 1.38 bits per heavy atom. The Kier molecular flexibility index (Phi) is 4.19. The van der Waals surface area contributed by atoms with Crippen LogP contribution in [0.4, 0.5) is 0 Å². The van der Waals surface area contributed by atoms with E-state index in [9.17, 15) is 0 Å². The van der Waals surface area contributed by atoms with Crippen LogP contribution in [-0.4, -0.2) is 49.1 Å². The zero-order chi connectivity index (χ0) is 11.5. The van der Waals surface area contributed by atoms with E-state index in [4.69, 9.17) is 15.2 Å². The predicted octanol–water partition coefficient (Wildman–Crippen LogP) is 0.950. The zero-order valence-electron chi connectivity index (χ0n) is 10.4. The quantitative estimate of drug-likeness (QED) is 0.781. The van der Waals surface area contributed by atoms with Gasteiger partial charge in [0.15, 0.2) is 6.29 Å². The molecule has 0 radical (unpaired) electrons. The second kappa shape index (κ2) is 5.45. The second-order valence-corrected chi connectivity index (χ2v) is 5.09. The first-order valence-corrected chi connectivity index (χ1v) is 6.45. The average molecular weight is 228 g/mol. The van der Waals surface area contributed by atoms with Gasteiger partial charge in [-0.1, -0.05) is 6.42 Å². The Hall–Kier alpha value is -0.160. The highest BCUT2D eigenvalue weighted by Gasteiger charge is 2.37. The summed E-state index contributed by atoms with van der Waals surface area (Å²) >= 11 is 0. The monoisotopic (exact) mass is 228 g/mol. The summed E-state index contributed by atoms with van der Waals surface area (Å²) in [6.07, 6.45) is 3.80. The van der Waals surface area contributed by atoms with Gasteiger partial charge in [-0.3, -0.25) is 4.90 Å². The fraction of sp³-hybridized carbons (Fsp3) is 1.00. The molecule has 2 N–H and O–H groups in total. The van der Waals surface area contributed by atoms with Crippen LogP contribution >= 0.6 is 0 Å². The maximum Gasteiger partial charge on any atom is 0.173 e. The van der Waals surface area contributed by atoms with Crippen molar-refractivity contribution in [2.45, 2.75) is 57.6 Å². The van der Waals surface area contributed by atoms with Gasteiger partial charge in [0.2, 0.25) is 0 Å². The van der Waals surface area contributed by atoms with Gasteiger partial charge in [0, 0.05) is 12.6 Å². The summed E-state index contributed by atoms with van der Waals surface area (Å²) in [4.78, 5) is 2.51. The molecule has 4 nitrogen and oxygen atoms in total. The normalized spacial score (nSPS) is 37.1. The van der Waals surface area contributed by atoms with Gasteiger partial charge in [-0.05, 0) is 33.2 Å². The molecule has 0 aromatic rings. The molecular formula is C12H24N2O2. The maximum absolute atomic E-state index is 5.84. The Labute approximate surface area is 98.1 Å². The molecule has 0 spiro atoms. The Bertz CT molecular complexity index is 223. The maximum atomic E-state index is 5.84. The van der Waals surface area contributed by atoms with Crippen LogP contribution in [0.3, 0.4) is 0 Å². The summed E-state index contributed by atoms with van der Waals surface area (Å²) in [7, 11) is 0. The predicted molar refractivity (Wildman–Crippen MR) is 63.1 cm³/mol. The third kappa shape index (κ3) is 2.56. The number of hydrogen-bond acceptors (Lipinski definition) is 4. The molecule has 0 aromatic carbocycles. The topological polar surface area (TPSA) is 47.7 Å². The SMILES string of the molecule is CC(C)N1CCCCC1C1OCC(CN)O1. The molecule has 94 valence electrons. The lowest BCUT2D eigenvalue weighted by Gasteiger charge is -2.40. The number of nitrogens with zero attached hydrogens (tertiary/aromatic N) is 1. The molecule has 0 aromatic heterocycles. The van der Waals surface area contributed by atoms with Crippen LogP contribution < -0.4 is 5.73 Å². The first-order valence-electron chi connectivity index (χ1n) is 6.45. The van der Waals surface area contributed by atoms with Crippen LogP contribution in [0.1, 0.15) is 33.1 Å². The van der Waals surface area contributed by atoms with E-state index >= 15 is 0 Å². The van der Waals surface area contributed by atoms with E-state index in [0.29, 0.717) is 25.2 Å². The molecule has 16 heavy (non-hydrogen) atoms. The summed E-state index contributed by atoms with van der Waals surface area (Å²) in [5.74, 6) is 0. The van der Waals surface area contributed by atoms with Gasteiger partial charge in [-0.25, -0.2) is 0 Å². The Morgan fingerprint density at radius 3 is 2.81 bits per heavy atom. The third-order valence-electron chi connectivity index (χ3n) is 3.61. The first-order chi connectivity index (χ1) is 7.72. The van der Waals surface area contributed by atoms with Gasteiger partial charge in [0.25, 0.3) is 0 Å².